The predicted octanol–water partition coefficient (Wildman–Crippen LogP) is 6.01. The Bertz CT molecular complexity index is 1230. The summed E-state index contributed by atoms with van der Waals surface area (Å²) in [6.45, 7) is 4.67. The van der Waals surface area contributed by atoms with E-state index in [-0.39, 0.29) is 5.91 Å². The summed E-state index contributed by atoms with van der Waals surface area (Å²) in [6.07, 6.45) is 0. The standard InChI is InChI=1S/C26H25N5O2/c1-3-27-26-28-18(2)17-24(31-26)29-19-13-15-20(16-14-19)30-25(32)22-11-7-8-12-23(22)33-21-9-5-4-6-10-21/h4-17H,3H2,1-2H3,(H,30,32)(H2,27,28,29,31). The number of benzene rings is 3. The lowest BCUT2D eigenvalue weighted by Gasteiger charge is -2.12. The van der Waals surface area contributed by atoms with E-state index in [9.17, 15) is 4.79 Å². The number of aryl methyl sites for hydroxylation is 1. The van der Waals surface area contributed by atoms with Crippen molar-refractivity contribution in [1.82, 2.24) is 9.97 Å². The third-order valence-corrected chi connectivity index (χ3v) is 4.71. The summed E-state index contributed by atoms with van der Waals surface area (Å²) in [5.74, 6) is 2.20. The van der Waals surface area contributed by atoms with Crippen molar-refractivity contribution < 1.29 is 9.53 Å². The number of nitrogens with one attached hydrogen (secondary N) is 3. The first-order valence-corrected chi connectivity index (χ1v) is 10.7. The van der Waals surface area contributed by atoms with Crippen LogP contribution in [0.1, 0.15) is 23.0 Å². The van der Waals surface area contributed by atoms with Crippen molar-refractivity contribution >= 4 is 29.0 Å². The molecule has 0 unspecified atom stereocenters. The van der Waals surface area contributed by atoms with Gasteiger partial charge in [-0.1, -0.05) is 30.3 Å². The van der Waals surface area contributed by atoms with Crippen LogP contribution in [0.4, 0.5) is 23.1 Å². The fraction of sp³-hybridized carbons (Fsp3) is 0.115. The van der Waals surface area contributed by atoms with Crippen molar-refractivity contribution in [2.75, 3.05) is 22.5 Å². The Balaban J connectivity index is 1.44. The van der Waals surface area contributed by atoms with Gasteiger partial charge in [-0.3, -0.25) is 4.79 Å². The summed E-state index contributed by atoms with van der Waals surface area (Å²) in [5, 5.41) is 9.32. The fourth-order valence-electron chi connectivity index (χ4n) is 3.21. The first kappa shape index (κ1) is 21.8. The van der Waals surface area contributed by atoms with E-state index in [0.717, 1.165) is 17.9 Å². The number of anilines is 4. The number of hydrogen-bond donors (Lipinski definition) is 3. The number of carbonyl (C=O) groups is 1. The van der Waals surface area contributed by atoms with Gasteiger partial charge in [-0.25, -0.2) is 4.98 Å². The van der Waals surface area contributed by atoms with Gasteiger partial charge in [0.15, 0.2) is 0 Å². The van der Waals surface area contributed by atoms with Crippen molar-refractivity contribution in [2.45, 2.75) is 13.8 Å². The molecule has 0 aliphatic rings. The molecule has 33 heavy (non-hydrogen) atoms. The van der Waals surface area contributed by atoms with Crippen LogP contribution in [0.5, 0.6) is 11.5 Å². The van der Waals surface area contributed by atoms with E-state index >= 15 is 0 Å². The van der Waals surface area contributed by atoms with E-state index in [1.165, 1.54) is 0 Å². The average Bonchev–Trinajstić information content (AvgIpc) is 2.81. The summed E-state index contributed by atoms with van der Waals surface area (Å²) >= 11 is 0. The van der Waals surface area contributed by atoms with E-state index in [1.807, 2.05) is 86.6 Å². The molecule has 3 N–H and O–H groups in total. The summed E-state index contributed by atoms with van der Waals surface area (Å²) < 4.78 is 5.90. The van der Waals surface area contributed by atoms with Gasteiger partial charge in [0.2, 0.25) is 5.95 Å². The van der Waals surface area contributed by atoms with Gasteiger partial charge >= 0.3 is 0 Å². The van der Waals surface area contributed by atoms with Crippen LogP contribution in [-0.4, -0.2) is 22.4 Å². The van der Waals surface area contributed by atoms with Crippen molar-refractivity contribution in [3.8, 4) is 11.5 Å². The van der Waals surface area contributed by atoms with Crippen LogP contribution in [0.15, 0.2) is 84.9 Å². The van der Waals surface area contributed by atoms with Gasteiger partial charge in [0, 0.05) is 29.7 Å². The van der Waals surface area contributed by atoms with E-state index in [4.69, 9.17) is 4.74 Å². The number of rotatable bonds is 8. The minimum atomic E-state index is -0.246. The molecule has 0 spiro atoms. The molecule has 3 aromatic carbocycles. The van der Waals surface area contributed by atoms with Crippen molar-refractivity contribution in [1.29, 1.82) is 0 Å². The molecule has 4 rings (SSSR count). The highest BCUT2D eigenvalue weighted by Gasteiger charge is 2.13. The second-order valence-corrected chi connectivity index (χ2v) is 7.32. The summed E-state index contributed by atoms with van der Waals surface area (Å²) in [7, 11) is 0. The first-order valence-electron chi connectivity index (χ1n) is 10.7. The minimum absolute atomic E-state index is 0.246. The van der Waals surface area contributed by atoms with Crippen molar-refractivity contribution in [3.05, 3.63) is 96.2 Å². The topological polar surface area (TPSA) is 88.2 Å². The number of hydrogen-bond acceptors (Lipinski definition) is 6. The quantitative estimate of drug-likeness (QED) is 0.312. The largest absolute Gasteiger partial charge is 0.457 e. The Morgan fingerprint density at radius 2 is 1.58 bits per heavy atom. The molecular weight excluding hydrogens is 414 g/mol. The molecule has 7 nitrogen and oxygen atoms in total. The second-order valence-electron chi connectivity index (χ2n) is 7.32. The molecule has 0 aliphatic carbocycles. The normalized spacial score (nSPS) is 10.4. The predicted molar refractivity (Wildman–Crippen MR) is 132 cm³/mol. The Labute approximate surface area is 192 Å². The van der Waals surface area contributed by atoms with Crippen LogP contribution in [0.2, 0.25) is 0 Å². The number of para-hydroxylation sites is 2. The van der Waals surface area contributed by atoms with Crippen LogP contribution >= 0.6 is 0 Å². The lowest BCUT2D eigenvalue weighted by molar-refractivity contribution is 0.102. The van der Waals surface area contributed by atoms with Crippen LogP contribution < -0.4 is 20.7 Å². The highest BCUT2D eigenvalue weighted by Crippen LogP contribution is 2.26. The Morgan fingerprint density at radius 3 is 2.33 bits per heavy atom. The van der Waals surface area contributed by atoms with Gasteiger partial charge in [0.05, 0.1) is 5.56 Å². The minimum Gasteiger partial charge on any atom is -0.457 e. The van der Waals surface area contributed by atoms with E-state index in [1.54, 1.807) is 12.1 Å². The third-order valence-electron chi connectivity index (χ3n) is 4.71. The molecule has 0 fully saturated rings. The van der Waals surface area contributed by atoms with Gasteiger partial charge in [-0.2, -0.15) is 4.98 Å². The number of amides is 1. The molecule has 1 aromatic heterocycles. The lowest BCUT2D eigenvalue weighted by atomic mass is 10.1. The maximum atomic E-state index is 12.9. The third kappa shape index (κ3) is 5.86. The molecule has 1 amide bonds. The zero-order valence-corrected chi connectivity index (χ0v) is 18.5. The molecule has 0 aliphatic heterocycles. The van der Waals surface area contributed by atoms with Crippen molar-refractivity contribution in [2.24, 2.45) is 0 Å². The molecule has 0 radical (unpaired) electrons. The maximum Gasteiger partial charge on any atom is 0.259 e. The molecule has 1 heterocycles. The molecule has 0 atom stereocenters. The zero-order chi connectivity index (χ0) is 23.0. The molecule has 0 saturated carbocycles. The van der Waals surface area contributed by atoms with Gasteiger partial charge < -0.3 is 20.7 Å². The van der Waals surface area contributed by atoms with Crippen LogP contribution in [0.25, 0.3) is 0 Å². The van der Waals surface area contributed by atoms with E-state index in [2.05, 4.69) is 25.9 Å². The lowest BCUT2D eigenvalue weighted by Crippen LogP contribution is -2.13. The molecule has 4 aromatic rings. The molecule has 7 heteroatoms. The smallest absolute Gasteiger partial charge is 0.259 e. The van der Waals surface area contributed by atoms with Crippen LogP contribution in [0.3, 0.4) is 0 Å². The number of aromatic nitrogens is 2. The number of carbonyl (C=O) groups excluding carboxylic acids is 1. The van der Waals surface area contributed by atoms with Gasteiger partial charge in [0.25, 0.3) is 5.91 Å². The summed E-state index contributed by atoms with van der Waals surface area (Å²) in [5.41, 5.74) is 2.84. The van der Waals surface area contributed by atoms with E-state index in [0.29, 0.717) is 34.5 Å². The summed E-state index contributed by atoms with van der Waals surface area (Å²) in [6, 6.07) is 25.9. The Morgan fingerprint density at radius 1 is 0.879 bits per heavy atom. The highest BCUT2D eigenvalue weighted by molar-refractivity contribution is 6.06. The van der Waals surface area contributed by atoms with Crippen molar-refractivity contribution in [3.63, 3.8) is 0 Å². The Kier molecular flexibility index (Phi) is 6.80. The fourth-order valence-corrected chi connectivity index (χ4v) is 3.21. The monoisotopic (exact) mass is 439 g/mol. The maximum absolute atomic E-state index is 12.9. The second kappa shape index (κ2) is 10.3. The highest BCUT2D eigenvalue weighted by atomic mass is 16.5. The van der Waals surface area contributed by atoms with Crippen LogP contribution in [0, 0.1) is 6.92 Å². The molecule has 0 saturated heterocycles. The SMILES string of the molecule is CCNc1nc(C)cc(Nc2ccc(NC(=O)c3ccccc3Oc3ccccc3)cc2)n1. The number of ether oxygens (including phenoxy) is 1. The average molecular weight is 440 g/mol. The van der Waals surface area contributed by atoms with Gasteiger partial charge in [-0.05, 0) is 62.4 Å². The molecule has 166 valence electrons. The summed E-state index contributed by atoms with van der Waals surface area (Å²) in [4.78, 5) is 21.7. The zero-order valence-electron chi connectivity index (χ0n) is 18.5. The van der Waals surface area contributed by atoms with Gasteiger partial charge in [-0.15, -0.1) is 0 Å². The Hall–Kier alpha value is -4.39. The molecule has 0 bridgehead atoms. The number of nitrogens with zero attached hydrogens (tertiary/aromatic N) is 2. The van der Waals surface area contributed by atoms with Crippen LogP contribution in [-0.2, 0) is 0 Å². The molecular formula is C26H25N5O2. The first-order chi connectivity index (χ1) is 16.1. The van der Waals surface area contributed by atoms with E-state index < -0.39 is 0 Å². The van der Waals surface area contributed by atoms with Gasteiger partial charge in [0.1, 0.15) is 17.3 Å².